The minimum atomic E-state index is -3.10. The average molecular weight is 600 g/mol. The second kappa shape index (κ2) is 11.2. The molecule has 0 aromatic carbocycles. The van der Waals surface area contributed by atoms with Crippen LogP contribution in [-0.4, -0.2) is 52.0 Å². The molecule has 8 heteroatoms. The lowest BCUT2D eigenvalue weighted by Gasteiger charge is -2.66. The molecule has 5 saturated carbocycles. The number of fused-ring (bicyclic) bond motifs is 5. The predicted molar refractivity (Wildman–Crippen MR) is 163 cm³/mol. The fraction of sp³-hybridized carbons (Fsp3) is 1.00. The molecule has 5 fully saturated rings. The molecule has 0 radical (unpaired) electrons. The molecule has 0 amide bonds. The Labute approximate surface area is 245 Å². The van der Waals surface area contributed by atoms with Crippen molar-refractivity contribution in [2.75, 3.05) is 6.54 Å². The molecule has 2 N–H and O–H groups in total. The zero-order valence-electron chi connectivity index (χ0n) is 26.3. The van der Waals surface area contributed by atoms with Crippen molar-refractivity contribution in [3.63, 3.8) is 0 Å². The van der Waals surface area contributed by atoms with E-state index in [1.165, 1.54) is 19.3 Å². The Morgan fingerprint density at radius 2 is 1.68 bits per heavy atom. The van der Waals surface area contributed by atoms with Crippen LogP contribution in [0.2, 0.25) is 19.6 Å². The first kappa shape index (κ1) is 31.4. The standard InChI is InChI=1S/C32H58FNO4SSi/c1-8-22-28-29(33)26(35)16-18-32(28,4)25-15-17-31(3)23(13-14-24(31)27(25)30(22)38-40(5,6)7)20(2)10-9-19-34-39(36,37)21-11-12-21/h20-30,34-35H,8-19H2,1-7H3/t20?,22-,23-,24+,25+,26-,27+,28-,29+,30-,31-,32-/m1/s1. The highest BCUT2D eigenvalue weighted by Gasteiger charge is 2.67. The normalized spacial score (nSPS) is 46.4. The molecule has 0 aromatic rings. The van der Waals surface area contributed by atoms with Gasteiger partial charge in [-0.1, -0.05) is 34.1 Å². The van der Waals surface area contributed by atoms with Crippen molar-refractivity contribution in [1.82, 2.24) is 4.72 Å². The molecule has 0 heterocycles. The van der Waals surface area contributed by atoms with Crippen LogP contribution in [0.1, 0.15) is 98.3 Å². The number of rotatable bonds is 10. The third-order valence-electron chi connectivity index (χ3n) is 12.7. The summed E-state index contributed by atoms with van der Waals surface area (Å²) in [4.78, 5) is 0. The number of halogens is 1. The molecular weight excluding hydrogens is 542 g/mol. The predicted octanol–water partition coefficient (Wildman–Crippen LogP) is 6.92. The van der Waals surface area contributed by atoms with Crippen LogP contribution < -0.4 is 4.72 Å². The fourth-order valence-corrected chi connectivity index (χ4v) is 13.4. The minimum absolute atomic E-state index is 0.0763. The third-order valence-corrected chi connectivity index (χ3v) is 15.7. The summed E-state index contributed by atoms with van der Waals surface area (Å²) in [5, 5.41) is 10.5. The fourth-order valence-electron chi connectivity index (χ4n) is 10.8. The lowest BCUT2D eigenvalue weighted by atomic mass is 9.41. The number of aliphatic hydroxyl groups excluding tert-OH is 1. The van der Waals surface area contributed by atoms with E-state index in [1.807, 2.05) is 0 Å². The largest absolute Gasteiger partial charge is 0.414 e. The van der Waals surface area contributed by atoms with Crippen LogP contribution in [0.4, 0.5) is 4.39 Å². The van der Waals surface area contributed by atoms with Crippen LogP contribution in [0.15, 0.2) is 0 Å². The van der Waals surface area contributed by atoms with Gasteiger partial charge in [-0.05, 0) is 130 Å². The molecular formula is C32H58FNO4SSi. The van der Waals surface area contributed by atoms with Crippen molar-refractivity contribution < 1.29 is 22.3 Å². The highest BCUT2D eigenvalue weighted by molar-refractivity contribution is 7.90. The monoisotopic (exact) mass is 599 g/mol. The molecule has 0 spiro atoms. The molecule has 5 rings (SSSR count). The lowest BCUT2D eigenvalue weighted by Crippen LogP contribution is -2.66. The van der Waals surface area contributed by atoms with E-state index in [0.717, 1.165) is 44.9 Å². The van der Waals surface area contributed by atoms with Crippen LogP contribution >= 0.6 is 0 Å². The van der Waals surface area contributed by atoms with E-state index >= 15 is 4.39 Å². The van der Waals surface area contributed by atoms with Crippen molar-refractivity contribution in [1.29, 1.82) is 0 Å². The molecule has 0 saturated heterocycles. The molecule has 5 aliphatic rings. The topological polar surface area (TPSA) is 75.6 Å². The van der Waals surface area contributed by atoms with Crippen LogP contribution in [0.25, 0.3) is 0 Å². The second-order valence-corrected chi connectivity index (χ2v) is 22.6. The first-order valence-electron chi connectivity index (χ1n) is 16.6. The highest BCUT2D eigenvalue weighted by atomic mass is 32.2. The van der Waals surface area contributed by atoms with E-state index in [1.54, 1.807) is 0 Å². The van der Waals surface area contributed by atoms with E-state index in [0.29, 0.717) is 42.6 Å². The van der Waals surface area contributed by atoms with Crippen LogP contribution in [-0.2, 0) is 14.4 Å². The van der Waals surface area contributed by atoms with Gasteiger partial charge in [0.2, 0.25) is 10.0 Å². The maximum atomic E-state index is 16.0. The Bertz CT molecular complexity index is 1020. The highest BCUT2D eigenvalue weighted by Crippen LogP contribution is 2.70. The lowest BCUT2D eigenvalue weighted by molar-refractivity contribution is -0.218. The molecule has 0 aliphatic heterocycles. The van der Waals surface area contributed by atoms with E-state index in [4.69, 9.17) is 4.43 Å². The van der Waals surface area contributed by atoms with Gasteiger partial charge in [-0.2, -0.15) is 0 Å². The van der Waals surface area contributed by atoms with Crippen molar-refractivity contribution in [2.45, 2.75) is 142 Å². The van der Waals surface area contributed by atoms with E-state index in [-0.39, 0.29) is 34.0 Å². The van der Waals surface area contributed by atoms with Gasteiger partial charge < -0.3 is 9.53 Å². The molecule has 12 atom stereocenters. The Kier molecular flexibility index (Phi) is 8.76. The number of nitrogens with one attached hydrogen (secondary N) is 1. The van der Waals surface area contributed by atoms with Gasteiger partial charge in [0.05, 0.1) is 17.5 Å². The maximum Gasteiger partial charge on any atom is 0.214 e. The van der Waals surface area contributed by atoms with Crippen molar-refractivity contribution in [3.05, 3.63) is 0 Å². The smallest absolute Gasteiger partial charge is 0.214 e. The SMILES string of the molecule is CC[C@H]1[C@@H](O[Si](C)(C)C)[C@@H]2[C@H](CC[C@]3(C)[C@@H](C(C)CCCNS(=O)(=O)C4CC4)CC[C@@H]23)[C@@]2(C)CC[C@@H](O)[C@H](F)[C@@H]12. The van der Waals surface area contributed by atoms with Gasteiger partial charge in [0.1, 0.15) is 6.17 Å². The van der Waals surface area contributed by atoms with Crippen LogP contribution in [0, 0.1) is 52.3 Å². The molecule has 5 aliphatic carbocycles. The van der Waals surface area contributed by atoms with Gasteiger partial charge in [0.25, 0.3) is 0 Å². The molecule has 1 unspecified atom stereocenters. The summed E-state index contributed by atoms with van der Waals surface area (Å²) < 4.78 is 50.5. The van der Waals surface area contributed by atoms with Gasteiger partial charge in [-0.25, -0.2) is 17.5 Å². The summed E-state index contributed by atoms with van der Waals surface area (Å²) in [7, 11) is -4.99. The molecule has 0 bridgehead atoms. The van der Waals surface area contributed by atoms with Gasteiger partial charge in [-0.15, -0.1) is 0 Å². The zero-order valence-corrected chi connectivity index (χ0v) is 28.1. The average Bonchev–Trinajstić information content (AvgIpc) is 3.67. The zero-order chi connectivity index (χ0) is 29.3. The second-order valence-electron chi connectivity index (χ2n) is 16.1. The van der Waals surface area contributed by atoms with Gasteiger partial charge in [-0.3, -0.25) is 0 Å². The summed E-state index contributed by atoms with van der Waals surface area (Å²) in [5.41, 5.74) is 0.174. The van der Waals surface area contributed by atoms with Crippen LogP contribution in [0.3, 0.4) is 0 Å². The summed E-state index contributed by atoms with van der Waals surface area (Å²) in [6.07, 6.45) is 8.88. The molecule has 0 aromatic heterocycles. The van der Waals surface area contributed by atoms with E-state index < -0.39 is 30.6 Å². The Morgan fingerprint density at radius 3 is 2.30 bits per heavy atom. The maximum absolute atomic E-state index is 16.0. The van der Waals surface area contributed by atoms with E-state index in [2.05, 4.69) is 52.1 Å². The summed E-state index contributed by atoms with van der Waals surface area (Å²) >= 11 is 0. The van der Waals surface area contributed by atoms with Gasteiger partial charge in [0.15, 0.2) is 8.32 Å². The Hall–Kier alpha value is -0.0231. The molecule has 5 nitrogen and oxygen atoms in total. The van der Waals surface area contributed by atoms with Crippen LogP contribution in [0.5, 0.6) is 0 Å². The van der Waals surface area contributed by atoms with E-state index in [9.17, 15) is 13.5 Å². The summed E-state index contributed by atoms with van der Waals surface area (Å²) in [6.45, 7) is 17.0. The van der Waals surface area contributed by atoms with Gasteiger partial charge in [0, 0.05) is 12.5 Å². The summed E-state index contributed by atoms with van der Waals surface area (Å²) in [5.74, 6) is 2.73. The van der Waals surface area contributed by atoms with Crippen molar-refractivity contribution in [2.24, 2.45) is 52.3 Å². The first-order chi connectivity index (χ1) is 18.6. The Morgan fingerprint density at radius 1 is 1.02 bits per heavy atom. The first-order valence-corrected chi connectivity index (χ1v) is 21.6. The number of sulfonamides is 1. The quantitative estimate of drug-likeness (QED) is 0.211. The summed E-state index contributed by atoms with van der Waals surface area (Å²) in [6, 6.07) is 0. The minimum Gasteiger partial charge on any atom is -0.414 e. The Balaban J connectivity index is 1.37. The number of hydrogen-bond donors (Lipinski definition) is 2. The van der Waals surface area contributed by atoms with Crippen molar-refractivity contribution in [3.8, 4) is 0 Å². The number of hydrogen-bond acceptors (Lipinski definition) is 4. The molecule has 232 valence electrons. The molecule has 40 heavy (non-hydrogen) atoms. The number of alkyl halides is 1. The number of aliphatic hydroxyl groups is 1. The van der Waals surface area contributed by atoms with Gasteiger partial charge >= 0.3 is 0 Å². The third kappa shape index (κ3) is 5.52. The van der Waals surface area contributed by atoms with Crippen molar-refractivity contribution >= 4 is 18.3 Å².